The third kappa shape index (κ3) is 3.77. The van der Waals surface area contributed by atoms with Gasteiger partial charge in [-0.2, -0.15) is 0 Å². The number of hydrogen-bond donors (Lipinski definition) is 1. The maximum Gasteiger partial charge on any atom is 0.357 e. The highest BCUT2D eigenvalue weighted by atomic mass is 32.1. The molecular weight excluding hydrogens is 350 g/mol. The Labute approximate surface area is 155 Å². The Hall–Kier alpha value is -2.67. The van der Waals surface area contributed by atoms with Crippen molar-refractivity contribution in [3.8, 4) is 0 Å². The topological polar surface area (TPSA) is 73.2 Å². The Bertz CT molecular complexity index is 943. The fourth-order valence-electron chi connectivity index (χ4n) is 2.76. The van der Waals surface area contributed by atoms with E-state index in [0.29, 0.717) is 18.1 Å². The molecule has 0 atom stereocenters. The summed E-state index contributed by atoms with van der Waals surface area (Å²) in [4.78, 5) is 29.2. The minimum Gasteiger partial charge on any atom is -0.464 e. The van der Waals surface area contributed by atoms with E-state index in [1.165, 1.54) is 18.4 Å². The minimum atomic E-state index is -0.482. The Morgan fingerprint density at radius 1 is 1.27 bits per heavy atom. The van der Waals surface area contributed by atoms with E-state index in [9.17, 15) is 9.59 Å². The SMILES string of the molecule is COC(=O)c1nc(NC(=O)CCn2ccc3ccccc32)sc1C(C)C. The number of methoxy groups -OCH3 is 1. The van der Waals surface area contributed by atoms with Gasteiger partial charge in [-0.3, -0.25) is 4.79 Å². The first kappa shape index (κ1) is 18.1. The van der Waals surface area contributed by atoms with E-state index in [4.69, 9.17) is 4.74 Å². The van der Waals surface area contributed by atoms with E-state index in [-0.39, 0.29) is 17.5 Å². The number of benzene rings is 1. The van der Waals surface area contributed by atoms with Crippen LogP contribution in [0.1, 0.15) is 41.6 Å². The van der Waals surface area contributed by atoms with Crippen LogP contribution in [0.3, 0.4) is 0 Å². The Morgan fingerprint density at radius 2 is 2.04 bits per heavy atom. The first-order chi connectivity index (χ1) is 12.5. The van der Waals surface area contributed by atoms with Gasteiger partial charge in [0.2, 0.25) is 5.91 Å². The normalized spacial score (nSPS) is 11.1. The van der Waals surface area contributed by atoms with Crippen molar-refractivity contribution in [2.45, 2.75) is 32.7 Å². The van der Waals surface area contributed by atoms with E-state index in [1.807, 2.05) is 50.4 Å². The number of esters is 1. The van der Waals surface area contributed by atoms with Crippen molar-refractivity contribution in [3.63, 3.8) is 0 Å². The highest BCUT2D eigenvalue weighted by molar-refractivity contribution is 7.16. The van der Waals surface area contributed by atoms with Crippen molar-refractivity contribution in [2.75, 3.05) is 12.4 Å². The summed E-state index contributed by atoms with van der Waals surface area (Å²) in [6.07, 6.45) is 2.30. The predicted octanol–water partition coefficient (Wildman–Crippen LogP) is 4.04. The number of carbonyl (C=O) groups excluding carboxylic acids is 2. The molecule has 1 N–H and O–H groups in total. The standard InChI is InChI=1S/C19H21N3O3S/c1-12(2)17-16(18(24)25-3)21-19(26-17)20-15(23)9-11-22-10-8-13-6-4-5-7-14(13)22/h4-8,10,12H,9,11H2,1-3H3,(H,20,21,23). The molecule has 0 saturated carbocycles. The molecule has 0 saturated heterocycles. The van der Waals surface area contributed by atoms with Crippen molar-refractivity contribution in [2.24, 2.45) is 0 Å². The number of aromatic nitrogens is 2. The molecule has 0 fully saturated rings. The number of nitrogens with one attached hydrogen (secondary N) is 1. The number of fused-ring (bicyclic) bond motifs is 1. The average molecular weight is 371 g/mol. The quantitative estimate of drug-likeness (QED) is 0.664. The van der Waals surface area contributed by atoms with E-state index in [0.717, 1.165) is 15.8 Å². The van der Waals surface area contributed by atoms with Gasteiger partial charge in [0.25, 0.3) is 0 Å². The maximum absolute atomic E-state index is 12.3. The molecule has 1 amide bonds. The van der Waals surface area contributed by atoms with Gasteiger partial charge < -0.3 is 14.6 Å². The number of anilines is 1. The monoisotopic (exact) mass is 371 g/mol. The number of rotatable bonds is 6. The Kier molecular flexibility index (Phi) is 5.37. The molecule has 0 aliphatic carbocycles. The lowest BCUT2D eigenvalue weighted by molar-refractivity contribution is -0.116. The third-order valence-corrected chi connectivity index (χ3v) is 5.33. The smallest absolute Gasteiger partial charge is 0.357 e. The molecule has 136 valence electrons. The van der Waals surface area contributed by atoms with Crippen LogP contribution in [0, 0.1) is 0 Å². The molecule has 0 unspecified atom stereocenters. The Morgan fingerprint density at radius 3 is 2.77 bits per heavy atom. The van der Waals surface area contributed by atoms with Crippen LogP contribution in [-0.4, -0.2) is 28.5 Å². The van der Waals surface area contributed by atoms with Crippen LogP contribution in [0.4, 0.5) is 5.13 Å². The molecule has 6 nitrogen and oxygen atoms in total. The van der Waals surface area contributed by atoms with Gasteiger partial charge in [0.05, 0.1) is 7.11 Å². The second kappa shape index (κ2) is 7.70. The minimum absolute atomic E-state index is 0.124. The zero-order chi connectivity index (χ0) is 18.7. The molecule has 1 aromatic carbocycles. The van der Waals surface area contributed by atoms with Gasteiger partial charge in [-0.1, -0.05) is 32.0 Å². The summed E-state index contributed by atoms with van der Waals surface area (Å²) in [5.41, 5.74) is 1.38. The molecular formula is C19H21N3O3S. The van der Waals surface area contributed by atoms with Gasteiger partial charge in [0.1, 0.15) is 0 Å². The number of nitrogens with zero attached hydrogens (tertiary/aromatic N) is 2. The Balaban J connectivity index is 1.67. The number of thiazole rings is 1. The summed E-state index contributed by atoms with van der Waals surface area (Å²) in [5, 5.41) is 4.37. The fraction of sp³-hybridized carbons (Fsp3) is 0.316. The molecule has 0 aliphatic rings. The summed E-state index contributed by atoms with van der Waals surface area (Å²) >= 11 is 1.31. The van der Waals surface area contributed by atoms with Gasteiger partial charge >= 0.3 is 5.97 Å². The number of amides is 1. The van der Waals surface area contributed by atoms with Crippen LogP contribution >= 0.6 is 11.3 Å². The van der Waals surface area contributed by atoms with Crippen LogP contribution in [0.25, 0.3) is 10.9 Å². The van der Waals surface area contributed by atoms with E-state index >= 15 is 0 Å². The van der Waals surface area contributed by atoms with Crippen LogP contribution in [0.15, 0.2) is 36.5 Å². The predicted molar refractivity (Wildman–Crippen MR) is 103 cm³/mol. The molecule has 7 heteroatoms. The highest BCUT2D eigenvalue weighted by Crippen LogP contribution is 2.30. The first-order valence-electron chi connectivity index (χ1n) is 8.42. The molecule has 26 heavy (non-hydrogen) atoms. The molecule has 0 bridgehead atoms. The number of para-hydroxylation sites is 1. The van der Waals surface area contributed by atoms with Crippen molar-refractivity contribution in [1.29, 1.82) is 0 Å². The van der Waals surface area contributed by atoms with Crippen molar-refractivity contribution < 1.29 is 14.3 Å². The molecule has 0 radical (unpaired) electrons. The first-order valence-corrected chi connectivity index (χ1v) is 9.24. The van der Waals surface area contributed by atoms with Crippen molar-refractivity contribution in [1.82, 2.24) is 9.55 Å². The zero-order valence-electron chi connectivity index (χ0n) is 15.0. The third-order valence-electron chi connectivity index (χ3n) is 4.06. The number of aryl methyl sites for hydroxylation is 1. The van der Waals surface area contributed by atoms with Crippen LogP contribution in [0.5, 0.6) is 0 Å². The van der Waals surface area contributed by atoms with Gasteiger partial charge in [0, 0.05) is 29.6 Å². The van der Waals surface area contributed by atoms with E-state index in [1.54, 1.807) is 0 Å². The molecule has 3 rings (SSSR count). The van der Waals surface area contributed by atoms with Crippen LogP contribution in [-0.2, 0) is 16.1 Å². The molecule has 2 aromatic heterocycles. The summed E-state index contributed by atoms with van der Waals surface area (Å²) in [5.74, 6) is -0.494. The summed E-state index contributed by atoms with van der Waals surface area (Å²) in [7, 11) is 1.32. The van der Waals surface area contributed by atoms with E-state index in [2.05, 4.69) is 14.9 Å². The van der Waals surface area contributed by atoms with Gasteiger partial charge in [-0.05, 0) is 23.4 Å². The summed E-state index contributed by atoms with van der Waals surface area (Å²) in [6.45, 7) is 4.52. The molecule has 3 aromatic rings. The lowest BCUT2D eigenvalue weighted by Gasteiger charge is -2.05. The van der Waals surface area contributed by atoms with Gasteiger partial charge in [0.15, 0.2) is 10.8 Å². The second-order valence-corrected chi connectivity index (χ2v) is 7.27. The second-order valence-electron chi connectivity index (χ2n) is 6.24. The summed E-state index contributed by atoms with van der Waals surface area (Å²) < 4.78 is 6.82. The van der Waals surface area contributed by atoms with Gasteiger partial charge in [-0.25, -0.2) is 9.78 Å². The van der Waals surface area contributed by atoms with E-state index < -0.39 is 5.97 Å². The molecule has 2 heterocycles. The van der Waals surface area contributed by atoms with Crippen LogP contribution < -0.4 is 5.32 Å². The number of ether oxygens (including phenoxy) is 1. The van der Waals surface area contributed by atoms with Crippen molar-refractivity contribution >= 4 is 39.2 Å². The lowest BCUT2D eigenvalue weighted by Crippen LogP contribution is -2.14. The molecule has 0 aliphatic heterocycles. The lowest BCUT2D eigenvalue weighted by atomic mass is 10.1. The maximum atomic E-state index is 12.3. The van der Waals surface area contributed by atoms with Crippen molar-refractivity contribution in [3.05, 3.63) is 47.1 Å². The largest absolute Gasteiger partial charge is 0.464 e. The van der Waals surface area contributed by atoms with Crippen LogP contribution in [0.2, 0.25) is 0 Å². The summed E-state index contributed by atoms with van der Waals surface area (Å²) in [6, 6.07) is 10.1. The average Bonchev–Trinajstić information content (AvgIpc) is 3.23. The fourth-order valence-corrected chi connectivity index (χ4v) is 3.73. The number of hydrogen-bond acceptors (Lipinski definition) is 5. The zero-order valence-corrected chi connectivity index (χ0v) is 15.8. The molecule has 0 spiro atoms. The highest BCUT2D eigenvalue weighted by Gasteiger charge is 2.21. The van der Waals surface area contributed by atoms with Gasteiger partial charge in [-0.15, -0.1) is 11.3 Å². The number of carbonyl (C=O) groups is 2.